The summed E-state index contributed by atoms with van der Waals surface area (Å²) >= 11 is 1.59. The van der Waals surface area contributed by atoms with Crippen molar-refractivity contribution in [1.29, 1.82) is 0 Å². The number of nitrogens with one attached hydrogen (secondary N) is 1. The van der Waals surface area contributed by atoms with E-state index in [-0.39, 0.29) is 5.91 Å². The van der Waals surface area contributed by atoms with Gasteiger partial charge >= 0.3 is 0 Å². The molecule has 0 spiro atoms. The molecule has 2 heterocycles. The van der Waals surface area contributed by atoms with E-state index in [1.54, 1.807) is 23.6 Å². The van der Waals surface area contributed by atoms with Crippen LogP contribution in [0.2, 0.25) is 0 Å². The zero-order chi connectivity index (χ0) is 15.5. The molecule has 0 aliphatic carbocycles. The summed E-state index contributed by atoms with van der Waals surface area (Å²) in [5.74, 6) is -0.229. The molecule has 1 aromatic carbocycles. The molecular formula is C17H15N3OS. The molecule has 0 unspecified atom stereocenters. The highest BCUT2D eigenvalue weighted by atomic mass is 32.1. The highest BCUT2D eigenvalue weighted by molar-refractivity contribution is 7.11. The first-order valence-corrected chi connectivity index (χ1v) is 7.77. The van der Waals surface area contributed by atoms with Gasteiger partial charge in [-0.3, -0.25) is 9.78 Å². The number of hydrogen-bond acceptors (Lipinski definition) is 4. The monoisotopic (exact) mass is 309 g/mol. The van der Waals surface area contributed by atoms with Crippen molar-refractivity contribution >= 4 is 34.4 Å². The second kappa shape index (κ2) is 6.07. The summed E-state index contributed by atoms with van der Waals surface area (Å²) in [5, 5.41) is 6.88. The van der Waals surface area contributed by atoms with Crippen LogP contribution in [0.4, 0.5) is 0 Å². The molecule has 0 aliphatic heterocycles. The van der Waals surface area contributed by atoms with Gasteiger partial charge in [-0.15, -0.1) is 11.3 Å². The van der Waals surface area contributed by atoms with E-state index < -0.39 is 0 Å². The van der Waals surface area contributed by atoms with Gasteiger partial charge in [0.2, 0.25) is 0 Å². The fraction of sp³-hybridized carbons (Fsp3) is 0.118. The van der Waals surface area contributed by atoms with Crippen LogP contribution in [0.15, 0.2) is 46.9 Å². The number of aromatic nitrogens is 1. The SMILES string of the molecule is Cc1cc(C(=O)N/N=C\c2sccc2C)c2ccccc2n1. The maximum atomic E-state index is 12.4. The first-order chi connectivity index (χ1) is 10.6. The maximum absolute atomic E-state index is 12.4. The quantitative estimate of drug-likeness (QED) is 0.593. The van der Waals surface area contributed by atoms with Crippen molar-refractivity contribution in [3.05, 3.63) is 63.5 Å². The van der Waals surface area contributed by atoms with E-state index in [2.05, 4.69) is 15.5 Å². The number of amides is 1. The van der Waals surface area contributed by atoms with Gasteiger partial charge in [0.25, 0.3) is 5.91 Å². The lowest BCUT2D eigenvalue weighted by atomic mass is 10.1. The van der Waals surface area contributed by atoms with Gasteiger partial charge in [-0.25, -0.2) is 5.43 Å². The molecule has 5 heteroatoms. The number of hydrogen-bond donors (Lipinski definition) is 1. The molecule has 110 valence electrons. The van der Waals surface area contributed by atoms with Gasteiger partial charge in [-0.05, 0) is 43.0 Å². The molecule has 0 aliphatic rings. The minimum atomic E-state index is -0.229. The highest BCUT2D eigenvalue weighted by Crippen LogP contribution is 2.18. The number of rotatable bonds is 3. The molecule has 3 rings (SSSR count). The molecule has 2 aromatic heterocycles. The summed E-state index contributed by atoms with van der Waals surface area (Å²) in [6.45, 7) is 3.89. The van der Waals surface area contributed by atoms with Crippen molar-refractivity contribution in [2.24, 2.45) is 5.10 Å². The van der Waals surface area contributed by atoms with Crippen molar-refractivity contribution in [3.8, 4) is 0 Å². The smallest absolute Gasteiger partial charge is 0.267 e. The van der Waals surface area contributed by atoms with Crippen LogP contribution in [0.3, 0.4) is 0 Å². The minimum absolute atomic E-state index is 0.229. The number of benzene rings is 1. The van der Waals surface area contributed by atoms with E-state index in [4.69, 9.17) is 0 Å². The number of fused-ring (bicyclic) bond motifs is 1. The van der Waals surface area contributed by atoms with Gasteiger partial charge in [0.15, 0.2) is 0 Å². The third kappa shape index (κ3) is 2.89. The molecule has 1 amide bonds. The van der Waals surface area contributed by atoms with Crippen LogP contribution in [0.25, 0.3) is 10.9 Å². The summed E-state index contributed by atoms with van der Waals surface area (Å²) in [5.41, 5.74) is 5.94. The van der Waals surface area contributed by atoms with Gasteiger partial charge in [0.05, 0.1) is 17.3 Å². The fourth-order valence-corrected chi connectivity index (χ4v) is 3.01. The van der Waals surface area contributed by atoms with Crippen LogP contribution in [-0.2, 0) is 0 Å². The number of carbonyl (C=O) groups excluding carboxylic acids is 1. The van der Waals surface area contributed by atoms with Gasteiger partial charge in [0, 0.05) is 16.0 Å². The molecule has 4 nitrogen and oxygen atoms in total. The summed E-state index contributed by atoms with van der Waals surface area (Å²) in [6.07, 6.45) is 1.67. The van der Waals surface area contributed by atoms with Crippen LogP contribution >= 0.6 is 11.3 Å². The van der Waals surface area contributed by atoms with Gasteiger partial charge in [0.1, 0.15) is 0 Å². The standard InChI is InChI=1S/C17H15N3OS/c1-11-7-8-22-16(11)10-18-20-17(21)14-9-12(2)19-15-6-4-3-5-13(14)15/h3-10H,1-2H3,(H,20,21)/b18-10-. The average molecular weight is 309 g/mol. The van der Waals surface area contributed by atoms with Crippen molar-refractivity contribution in [1.82, 2.24) is 10.4 Å². The maximum Gasteiger partial charge on any atom is 0.272 e. The van der Waals surface area contributed by atoms with Gasteiger partial charge in [-0.2, -0.15) is 5.10 Å². The minimum Gasteiger partial charge on any atom is -0.267 e. The third-order valence-corrected chi connectivity index (χ3v) is 4.29. The number of pyridine rings is 1. The van der Waals surface area contributed by atoms with Crippen LogP contribution in [0.1, 0.15) is 26.5 Å². The van der Waals surface area contributed by atoms with E-state index in [1.807, 2.05) is 49.6 Å². The Morgan fingerprint density at radius 1 is 1.27 bits per heavy atom. The predicted molar refractivity (Wildman–Crippen MR) is 90.6 cm³/mol. The highest BCUT2D eigenvalue weighted by Gasteiger charge is 2.11. The van der Waals surface area contributed by atoms with E-state index in [0.29, 0.717) is 5.56 Å². The Labute approximate surface area is 132 Å². The number of aryl methyl sites for hydroxylation is 2. The van der Waals surface area contributed by atoms with Crippen LogP contribution < -0.4 is 5.43 Å². The molecule has 3 aromatic rings. The molecule has 1 N–H and O–H groups in total. The number of hydrazone groups is 1. The van der Waals surface area contributed by atoms with Crippen LogP contribution in [0, 0.1) is 13.8 Å². The molecule has 0 radical (unpaired) electrons. The van der Waals surface area contributed by atoms with Gasteiger partial charge < -0.3 is 0 Å². The summed E-state index contributed by atoms with van der Waals surface area (Å²) in [4.78, 5) is 17.8. The lowest BCUT2D eigenvalue weighted by Gasteiger charge is -2.06. The summed E-state index contributed by atoms with van der Waals surface area (Å²) in [6, 6.07) is 11.4. The number of carbonyl (C=O) groups is 1. The Hall–Kier alpha value is -2.53. The molecule has 0 fully saturated rings. The molecule has 0 saturated carbocycles. The molecule has 0 bridgehead atoms. The summed E-state index contributed by atoms with van der Waals surface area (Å²) in [7, 11) is 0. The zero-order valence-corrected chi connectivity index (χ0v) is 13.1. The van der Waals surface area contributed by atoms with Gasteiger partial charge in [-0.1, -0.05) is 18.2 Å². The van der Waals surface area contributed by atoms with Crippen molar-refractivity contribution in [3.63, 3.8) is 0 Å². The average Bonchev–Trinajstić information content (AvgIpc) is 2.91. The fourth-order valence-electron chi connectivity index (χ4n) is 2.22. The Morgan fingerprint density at radius 2 is 2.09 bits per heavy atom. The molecular weight excluding hydrogens is 294 g/mol. The number of nitrogens with zero attached hydrogens (tertiary/aromatic N) is 2. The van der Waals surface area contributed by atoms with E-state index in [1.165, 1.54) is 0 Å². The Balaban J connectivity index is 1.86. The third-order valence-electron chi connectivity index (χ3n) is 3.34. The molecule has 0 saturated heterocycles. The lowest BCUT2D eigenvalue weighted by Crippen LogP contribution is -2.18. The van der Waals surface area contributed by atoms with Crippen molar-refractivity contribution in [2.45, 2.75) is 13.8 Å². The Bertz CT molecular complexity index is 867. The predicted octanol–water partition coefficient (Wildman–Crippen LogP) is 3.68. The summed E-state index contributed by atoms with van der Waals surface area (Å²) < 4.78 is 0. The van der Waals surface area contributed by atoms with E-state index in [0.717, 1.165) is 27.0 Å². The Kier molecular flexibility index (Phi) is 3.98. The van der Waals surface area contributed by atoms with Crippen LogP contribution in [-0.4, -0.2) is 17.1 Å². The Morgan fingerprint density at radius 3 is 2.86 bits per heavy atom. The largest absolute Gasteiger partial charge is 0.272 e. The molecule has 0 atom stereocenters. The van der Waals surface area contributed by atoms with Crippen LogP contribution in [0.5, 0.6) is 0 Å². The molecule has 22 heavy (non-hydrogen) atoms. The second-order valence-electron chi connectivity index (χ2n) is 5.00. The zero-order valence-electron chi connectivity index (χ0n) is 12.3. The number of thiophene rings is 1. The van der Waals surface area contributed by atoms with E-state index >= 15 is 0 Å². The lowest BCUT2D eigenvalue weighted by molar-refractivity contribution is 0.0956. The first-order valence-electron chi connectivity index (χ1n) is 6.89. The second-order valence-corrected chi connectivity index (χ2v) is 5.94. The normalized spacial score (nSPS) is 11.2. The topological polar surface area (TPSA) is 54.4 Å². The van der Waals surface area contributed by atoms with Crippen molar-refractivity contribution in [2.75, 3.05) is 0 Å². The van der Waals surface area contributed by atoms with Crippen molar-refractivity contribution < 1.29 is 4.79 Å². The van der Waals surface area contributed by atoms with E-state index in [9.17, 15) is 4.79 Å². The first kappa shape index (κ1) is 14.4. The number of para-hydroxylation sites is 1.